The molecule has 0 bridgehead atoms. The number of aromatic nitrogens is 2. The van der Waals surface area contributed by atoms with Crippen LogP contribution in [-0.2, 0) is 0 Å². The summed E-state index contributed by atoms with van der Waals surface area (Å²) in [7, 11) is 0. The summed E-state index contributed by atoms with van der Waals surface area (Å²) in [5.41, 5.74) is 0.711. The topological polar surface area (TPSA) is 52.1 Å². The number of hydrogen-bond donors (Lipinski definition) is 2. The molecular weight excluding hydrogens is 142 g/mol. The highest BCUT2D eigenvalue weighted by molar-refractivity contribution is 5.52. The average Bonchev–Trinajstić information content (AvgIpc) is 2.55. The number of nitrogens with zero attached hydrogens (tertiary/aromatic N) is 2. The Morgan fingerprint density at radius 1 is 1.45 bits per heavy atom. The van der Waals surface area contributed by atoms with Crippen molar-refractivity contribution in [2.24, 2.45) is 0 Å². The van der Waals surface area contributed by atoms with Gasteiger partial charge in [0, 0.05) is 13.1 Å². The smallest absolute Gasteiger partial charge is 0.231 e. The molecule has 11 heavy (non-hydrogen) atoms. The van der Waals surface area contributed by atoms with E-state index in [0.717, 1.165) is 13.1 Å². The zero-order valence-corrected chi connectivity index (χ0v) is 6.17. The molecule has 2 rings (SSSR count). The molecule has 4 nitrogen and oxygen atoms in total. The molecule has 0 amide bonds. The Kier molecular flexibility index (Phi) is 1.45. The Morgan fingerprint density at radius 3 is 2.73 bits per heavy atom. The molecule has 1 aromatic rings. The third-order valence-corrected chi connectivity index (χ3v) is 1.97. The third-order valence-electron chi connectivity index (χ3n) is 1.97. The molecular formula is C7H10N3O. The Bertz CT molecular complexity index is 240. The molecule has 1 saturated heterocycles. The van der Waals surface area contributed by atoms with E-state index in [9.17, 15) is 5.11 Å². The summed E-state index contributed by atoms with van der Waals surface area (Å²) in [5, 5.41) is 15.3. The van der Waals surface area contributed by atoms with Crippen LogP contribution in [0, 0.1) is 6.20 Å². The molecule has 1 aliphatic heterocycles. The van der Waals surface area contributed by atoms with Crippen molar-refractivity contribution in [3.05, 3.63) is 6.20 Å². The predicted molar refractivity (Wildman–Crippen MR) is 40.5 cm³/mol. The molecule has 2 heterocycles. The van der Waals surface area contributed by atoms with Crippen LogP contribution in [0.3, 0.4) is 0 Å². The van der Waals surface area contributed by atoms with E-state index in [1.165, 1.54) is 12.8 Å². The van der Waals surface area contributed by atoms with Crippen LogP contribution >= 0.6 is 0 Å². The van der Waals surface area contributed by atoms with Gasteiger partial charge in [-0.1, -0.05) is 0 Å². The molecule has 1 radical (unpaired) electrons. The van der Waals surface area contributed by atoms with Crippen molar-refractivity contribution >= 4 is 5.69 Å². The van der Waals surface area contributed by atoms with Gasteiger partial charge in [0.15, 0.2) is 0 Å². The molecule has 1 aromatic heterocycles. The van der Waals surface area contributed by atoms with Gasteiger partial charge >= 0.3 is 0 Å². The standard InChI is InChI=1S/C7H10N3O/c11-7-6(5-8-9-7)10-3-1-2-4-10/h1-4H2,(H2,8,9,11). The van der Waals surface area contributed by atoms with Crippen LogP contribution in [0.1, 0.15) is 12.8 Å². The summed E-state index contributed by atoms with van der Waals surface area (Å²) in [6.45, 7) is 2.01. The van der Waals surface area contributed by atoms with Crippen molar-refractivity contribution in [3.63, 3.8) is 0 Å². The molecule has 0 saturated carbocycles. The van der Waals surface area contributed by atoms with E-state index in [1.54, 1.807) is 0 Å². The first kappa shape index (κ1) is 6.52. The molecule has 0 unspecified atom stereocenters. The fourth-order valence-corrected chi connectivity index (χ4v) is 1.40. The largest absolute Gasteiger partial charge is 0.492 e. The zero-order valence-electron chi connectivity index (χ0n) is 6.17. The van der Waals surface area contributed by atoms with Crippen LogP contribution in [0.25, 0.3) is 0 Å². The molecule has 0 spiro atoms. The highest BCUT2D eigenvalue weighted by atomic mass is 16.3. The fraction of sp³-hybridized carbons (Fsp3) is 0.571. The number of nitrogens with one attached hydrogen (secondary N) is 1. The van der Waals surface area contributed by atoms with E-state index in [4.69, 9.17) is 0 Å². The van der Waals surface area contributed by atoms with E-state index in [2.05, 4.69) is 21.3 Å². The predicted octanol–water partition coefficient (Wildman–Crippen LogP) is 0.516. The molecule has 59 valence electrons. The molecule has 1 fully saturated rings. The van der Waals surface area contributed by atoms with Gasteiger partial charge in [0.25, 0.3) is 0 Å². The highest BCUT2D eigenvalue weighted by Gasteiger charge is 2.16. The van der Waals surface area contributed by atoms with Gasteiger partial charge in [0.2, 0.25) is 5.88 Å². The normalized spacial score (nSPS) is 17.6. The Balaban J connectivity index is 2.21. The summed E-state index contributed by atoms with van der Waals surface area (Å²) in [4.78, 5) is 2.08. The Labute approximate surface area is 64.8 Å². The molecule has 4 heteroatoms. The maximum atomic E-state index is 9.22. The van der Waals surface area contributed by atoms with Gasteiger partial charge in [-0.25, -0.2) is 5.10 Å². The van der Waals surface area contributed by atoms with Gasteiger partial charge in [-0.15, -0.1) is 0 Å². The average molecular weight is 152 g/mol. The van der Waals surface area contributed by atoms with Gasteiger partial charge in [-0.3, -0.25) is 0 Å². The van der Waals surface area contributed by atoms with E-state index in [0.29, 0.717) is 5.69 Å². The van der Waals surface area contributed by atoms with Crippen molar-refractivity contribution in [3.8, 4) is 5.88 Å². The second-order valence-electron chi connectivity index (χ2n) is 2.73. The third kappa shape index (κ3) is 1.04. The van der Waals surface area contributed by atoms with Crippen LogP contribution < -0.4 is 4.90 Å². The van der Waals surface area contributed by atoms with Crippen molar-refractivity contribution < 1.29 is 5.11 Å². The fourth-order valence-electron chi connectivity index (χ4n) is 1.40. The molecule has 0 aliphatic carbocycles. The molecule has 1 aliphatic rings. The summed E-state index contributed by atoms with van der Waals surface area (Å²) in [6.07, 6.45) is 5.10. The second-order valence-corrected chi connectivity index (χ2v) is 2.73. The van der Waals surface area contributed by atoms with Crippen molar-refractivity contribution in [2.75, 3.05) is 18.0 Å². The van der Waals surface area contributed by atoms with Crippen LogP contribution in [-0.4, -0.2) is 28.4 Å². The molecule has 2 N–H and O–H groups in total. The van der Waals surface area contributed by atoms with E-state index in [1.807, 2.05) is 0 Å². The number of H-pyrrole nitrogens is 1. The minimum absolute atomic E-state index is 0.131. The second kappa shape index (κ2) is 2.45. The van der Waals surface area contributed by atoms with E-state index in [-0.39, 0.29) is 5.88 Å². The number of rotatable bonds is 1. The summed E-state index contributed by atoms with van der Waals surface area (Å²) < 4.78 is 0. The summed E-state index contributed by atoms with van der Waals surface area (Å²) >= 11 is 0. The Hall–Kier alpha value is -1.19. The zero-order chi connectivity index (χ0) is 7.68. The summed E-state index contributed by atoms with van der Waals surface area (Å²) in [6, 6.07) is 0. The Morgan fingerprint density at radius 2 is 2.18 bits per heavy atom. The van der Waals surface area contributed by atoms with Crippen LogP contribution in [0.4, 0.5) is 5.69 Å². The first-order chi connectivity index (χ1) is 5.38. The van der Waals surface area contributed by atoms with Gasteiger partial charge in [0.1, 0.15) is 11.9 Å². The van der Waals surface area contributed by atoms with E-state index < -0.39 is 0 Å². The van der Waals surface area contributed by atoms with Gasteiger partial charge in [-0.05, 0) is 12.8 Å². The van der Waals surface area contributed by atoms with Crippen LogP contribution in [0.15, 0.2) is 0 Å². The maximum Gasteiger partial charge on any atom is 0.231 e. The number of aromatic hydroxyl groups is 1. The highest BCUT2D eigenvalue weighted by Crippen LogP contribution is 2.26. The van der Waals surface area contributed by atoms with Gasteiger partial charge < -0.3 is 10.0 Å². The van der Waals surface area contributed by atoms with Crippen LogP contribution in [0.2, 0.25) is 0 Å². The lowest BCUT2D eigenvalue weighted by molar-refractivity contribution is 0.452. The molecule has 0 aromatic carbocycles. The minimum atomic E-state index is 0.131. The monoisotopic (exact) mass is 152 g/mol. The lowest BCUT2D eigenvalue weighted by atomic mass is 10.4. The lowest BCUT2D eigenvalue weighted by Gasteiger charge is -2.13. The first-order valence-electron chi connectivity index (χ1n) is 3.78. The molecule has 0 atom stereocenters. The van der Waals surface area contributed by atoms with Crippen molar-refractivity contribution in [1.82, 2.24) is 10.2 Å². The van der Waals surface area contributed by atoms with Crippen molar-refractivity contribution in [1.29, 1.82) is 0 Å². The number of anilines is 1. The quantitative estimate of drug-likeness (QED) is 0.616. The van der Waals surface area contributed by atoms with E-state index >= 15 is 0 Å². The number of aromatic amines is 1. The first-order valence-corrected chi connectivity index (χ1v) is 3.78. The number of hydrogen-bond acceptors (Lipinski definition) is 3. The minimum Gasteiger partial charge on any atom is -0.492 e. The van der Waals surface area contributed by atoms with Gasteiger partial charge in [-0.2, -0.15) is 5.10 Å². The van der Waals surface area contributed by atoms with Crippen LogP contribution in [0.5, 0.6) is 5.88 Å². The van der Waals surface area contributed by atoms with Crippen molar-refractivity contribution in [2.45, 2.75) is 12.8 Å². The lowest BCUT2D eigenvalue weighted by Crippen LogP contribution is -2.16. The summed E-state index contributed by atoms with van der Waals surface area (Å²) in [5.74, 6) is 0.131. The SMILES string of the molecule is Oc1[nH]n[c]c1N1CCCC1. The van der Waals surface area contributed by atoms with Gasteiger partial charge in [0.05, 0.1) is 0 Å². The maximum absolute atomic E-state index is 9.22.